The van der Waals surface area contributed by atoms with Gasteiger partial charge in [0.05, 0.1) is 17.2 Å². The topological polar surface area (TPSA) is 111 Å². The van der Waals surface area contributed by atoms with Crippen molar-refractivity contribution >= 4 is 38.1 Å². The van der Waals surface area contributed by atoms with Gasteiger partial charge in [-0.25, -0.2) is 18.2 Å². The Morgan fingerprint density at radius 2 is 2.00 bits per heavy atom. The molecule has 9 heteroatoms. The van der Waals surface area contributed by atoms with Crippen molar-refractivity contribution in [3.8, 4) is 0 Å². The van der Waals surface area contributed by atoms with Crippen LogP contribution < -0.4 is 10.5 Å². The number of nitrogens with two attached hydrogens (primary N) is 1. The first kappa shape index (κ1) is 16.2. The van der Waals surface area contributed by atoms with Crippen molar-refractivity contribution in [3.63, 3.8) is 0 Å². The largest absolute Gasteiger partial charge is 0.462 e. The van der Waals surface area contributed by atoms with Crippen LogP contribution in [0.15, 0.2) is 29.2 Å². The number of aromatic nitrogens is 1. The summed E-state index contributed by atoms with van der Waals surface area (Å²) in [4.78, 5) is 16.1. The van der Waals surface area contributed by atoms with Crippen molar-refractivity contribution in [2.45, 2.75) is 18.7 Å². The van der Waals surface area contributed by atoms with Crippen LogP contribution in [-0.2, 0) is 14.8 Å². The molecule has 1 aromatic heterocycles. The number of benzene rings is 1. The second-order valence-corrected chi connectivity index (χ2v) is 7.01. The summed E-state index contributed by atoms with van der Waals surface area (Å²) >= 11 is 0.932. The van der Waals surface area contributed by atoms with Gasteiger partial charge in [0.1, 0.15) is 4.88 Å². The molecule has 0 aliphatic rings. The third-order valence-corrected chi connectivity index (χ3v) is 5.21. The molecule has 0 atom stereocenters. The summed E-state index contributed by atoms with van der Waals surface area (Å²) in [5.41, 5.74) is 6.41. The van der Waals surface area contributed by atoms with Gasteiger partial charge in [-0.15, -0.1) is 0 Å². The minimum Gasteiger partial charge on any atom is -0.462 e. The van der Waals surface area contributed by atoms with E-state index in [0.717, 1.165) is 11.3 Å². The summed E-state index contributed by atoms with van der Waals surface area (Å²) < 4.78 is 31.7. The zero-order valence-electron chi connectivity index (χ0n) is 12.0. The molecular formula is C13H15N3O4S2. The van der Waals surface area contributed by atoms with Crippen LogP contribution in [0.25, 0.3) is 0 Å². The van der Waals surface area contributed by atoms with Gasteiger partial charge in [-0.2, -0.15) is 0 Å². The number of carbonyl (C=O) groups excluding carboxylic acids is 1. The summed E-state index contributed by atoms with van der Waals surface area (Å²) in [6.45, 7) is 3.55. The number of nitrogens with one attached hydrogen (secondary N) is 1. The monoisotopic (exact) mass is 341 g/mol. The Morgan fingerprint density at radius 1 is 1.36 bits per heavy atom. The first-order valence-corrected chi connectivity index (χ1v) is 8.66. The first-order chi connectivity index (χ1) is 10.3. The van der Waals surface area contributed by atoms with Crippen molar-refractivity contribution in [3.05, 3.63) is 34.8 Å². The molecule has 3 N–H and O–H groups in total. The van der Waals surface area contributed by atoms with Gasteiger partial charge in [0.15, 0.2) is 5.13 Å². The Morgan fingerprint density at radius 3 is 2.59 bits per heavy atom. The van der Waals surface area contributed by atoms with Crippen LogP contribution in [0, 0.1) is 6.92 Å². The number of rotatable bonds is 5. The molecule has 0 saturated heterocycles. The van der Waals surface area contributed by atoms with Gasteiger partial charge >= 0.3 is 5.97 Å². The number of nitrogens with zero attached hydrogens (tertiary/aromatic N) is 1. The normalized spacial score (nSPS) is 11.2. The maximum Gasteiger partial charge on any atom is 0.350 e. The summed E-state index contributed by atoms with van der Waals surface area (Å²) in [7, 11) is -3.78. The highest BCUT2D eigenvalue weighted by Gasteiger charge is 2.20. The van der Waals surface area contributed by atoms with Gasteiger partial charge in [-0.05, 0) is 38.1 Å². The maximum absolute atomic E-state index is 12.2. The van der Waals surface area contributed by atoms with Gasteiger partial charge in [0.2, 0.25) is 0 Å². The Kier molecular flexibility index (Phi) is 4.67. The lowest BCUT2D eigenvalue weighted by Crippen LogP contribution is -2.12. The maximum atomic E-state index is 12.2. The summed E-state index contributed by atoms with van der Waals surface area (Å²) in [6.07, 6.45) is 0. The SMILES string of the molecule is CCOC(=O)c1sc(NS(=O)(=O)c2ccc(N)cc2)nc1C. The second kappa shape index (κ2) is 6.32. The van der Waals surface area contributed by atoms with Crippen LogP contribution in [0.1, 0.15) is 22.3 Å². The molecule has 0 spiro atoms. The highest BCUT2D eigenvalue weighted by molar-refractivity contribution is 7.93. The van der Waals surface area contributed by atoms with Crippen LogP contribution >= 0.6 is 11.3 Å². The van der Waals surface area contributed by atoms with Crippen LogP contribution in [0.3, 0.4) is 0 Å². The van der Waals surface area contributed by atoms with E-state index in [1.54, 1.807) is 13.8 Å². The molecule has 1 heterocycles. The second-order valence-electron chi connectivity index (χ2n) is 4.33. The molecule has 2 aromatic rings. The molecule has 22 heavy (non-hydrogen) atoms. The standard InChI is InChI=1S/C13H15N3O4S2/c1-3-20-12(17)11-8(2)15-13(21-11)16-22(18,19)10-6-4-9(14)5-7-10/h4-7H,3,14H2,1-2H3,(H,15,16). The van der Waals surface area contributed by atoms with E-state index in [2.05, 4.69) is 9.71 Å². The molecule has 0 amide bonds. The first-order valence-electron chi connectivity index (χ1n) is 6.36. The number of ether oxygens (including phenoxy) is 1. The van der Waals surface area contributed by atoms with Crippen molar-refractivity contribution < 1.29 is 17.9 Å². The average Bonchev–Trinajstić information content (AvgIpc) is 2.79. The highest BCUT2D eigenvalue weighted by Crippen LogP contribution is 2.26. The highest BCUT2D eigenvalue weighted by atomic mass is 32.2. The number of carbonyl (C=O) groups is 1. The van der Waals surface area contributed by atoms with Gasteiger partial charge in [0.25, 0.3) is 10.0 Å². The zero-order valence-corrected chi connectivity index (χ0v) is 13.6. The average molecular weight is 341 g/mol. The Hall–Kier alpha value is -2.13. The third kappa shape index (κ3) is 3.55. The molecule has 0 fully saturated rings. The van der Waals surface area contributed by atoms with Crippen molar-refractivity contribution in [2.24, 2.45) is 0 Å². The number of aryl methyl sites for hydroxylation is 1. The van der Waals surface area contributed by atoms with Crippen LogP contribution in [0.2, 0.25) is 0 Å². The number of esters is 1. The fourth-order valence-corrected chi connectivity index (χ4v) is 3.74. The number of hydrogen-bond donors (Lipinski definition) is 2. The molecule has 118 valence electrons. The van der Waals surface area contributed by atoms with E-state index in [4.69, 9.17) is 10.5 Å². The van der Waals surface area contributed by atoms with Gasteiger partial charge in [0, 0.05) is 5.69 Å². The molecule has 0 aliphatic heterocycles. The molecule has 2 rings (SSSR count). The molecule has 1 aromatic carbocycles. The van der Waals surface area contributed by atoms with E-state index in [9.17, 15) is 13.2 Å². The van der Waals surface area contributed by atoms with Crippen molar-refractivity contribution in [1.82, 2.24) is 4.98 Å². The number of thiazole rings is 1. The number of hydrogen-bond acceptors (Lipinski definition) is 7. The van der Waals surface area contributed by atoms with E-state index in [-0.39, 0.29) is 21.5 Å². The Labute approximate surface area is 132 Å². The summed E-state index contributed by atoms with van der Waals surface area (Å²) in [5, 5.41) is 0.109. The predicted molar refractivity (Wildman–Crippen MR) is 84.5 cm³/mol. The lowest BCUT2D eigenvalue weighted by atomic mass is 10.3. The lowest BCUT2D eigenvalue weighted by Gasteiger charge is -2.05. The lowest BCUT2D eigenvalue weighted by molar-refractivity contribution is 0.0531. The minimum absolute atomic E-state index is 0.0623. The predicted octanol–water partition coefficient (Wildman–Crippen LogP) is 2.01. The van der Waals surface area contributed by atoms with Crippen LogP contribution in [0.5, 0.6) is 0 Å². The molecular weight excluding hydrogens is 326 g/mol. The van der Waals surface area contributed by atoms with Crippen LogP contribution in [-0.4, -0.2) is 26.0 Å². The molecule has 0 unspecified atom stereocenters. The minimum atomic E-state index is -3.78. The van der Waals surface area contributed by atoms with E-state index in [1.165, 1.54) is 24.3 Å². The number of nitrogen functional groups attached to an aromatic ring is 1. The molecule has 7 nitrogen and oxygen atoms in total. The Balaban J connectivity index is 2.25. The van der Waals surface area contributed by atoms with E-state index < -0.39 is 16.0 Å². The fourth-order valence-electron chi connectivity index (χ4n) is 1.65. The smallest absolute Gasteiger partial charge is 0.350 e. The van der Waals surface area contributed by atoms with Gasteiger partial charge < -0.3 is 10.5 Å². The molecule has 0 aliphatic carbocycles. The van der Waals surface area contributed by atoms with E-state index in [0.29, 0.717) is 11.4 Å². The zero-order chi connectivity index (χ0) is 16.3. The number of sulfonamides is 1. The van der Waals surface area contributed by atoms with Crippen molar-refractivity contribution in [2.75, 3.05) is 17.1 Å². The van der Waals surface area contributed by atoms with Gasteiger partial charge in [-0.3, -0.25) is 4.72 Å². The quantitative estimate of drug-likeness (QED) is 0.635. The summed E-state index contributed by atoms with van der Waals surface area (Å²) in [6, 6.07) is 5.77. The third-order valence-electron chi connectivity index (χ3n) is 2.67. The molecule has 0 saturated carbocycles. The Bertz CT molecular complexity index is 782. The molecule has 0 radical (unpaired) electrons. The summed E-state index contributed by atoms with van der Waals surface area (Å²) in [5.74, 6) is -0.518. The van der Waals surface area contributed by atoms with Gasteiger partial charge in [-0.1, -0.05) is 11.3 Å². The van der Waals surface area contributed by atoms with E-state index >= 15 is 0 Å². The fraction of sp³-hybridized carbons (Fsp3) is 0.231. The molecule has 0 bridgehead atoms. The van der Waals surface area contributed by atoms with Crippen LogP contribution in [0.4, 0.5) is 10.8 Å². The number of anilines is 2. The van der Waals surface area contributed by atoms with E-state index in [1.807, 2.05) is 0 Å². The van der Waals surface area contributed by atoms with Crippen molar-refractivity contribution in [1.29, 1.82) is 0 Å².